The van der Waals surface area contributed by atoms with Gasteiger partial charge in [-0.25, -0.2) is 17.8 Å². The van der Waals surface area contributed by atoms with E-state index in [0.29, 0.717) is 23.6 Å². The predicted octanol–water partition coefficient (Wildman–Crippen LogP) is 4.22. The molecule has 1 aromatic carbocycles. The molecule has 158 valence electrons. The summed E-state index contributed by atoms with van der Waals surface area (Å²) in [6.45, 7) is 4.19. The number of hydrogen-bond acceptors (Lipinski definition) is 6. The first-order valence-corrected chi connectivity index (χ1v) is 12.0. The van der Waals surface area contributed by atoms with E-state index in [9.17, 15) is 17.2 Å². The largest absolute Gasteiger partial charge is 0.382 e. The van der Waals surface area contributed by atoms with Crippen molar-refractivity contribution in [2.45, 2.75) is 43.0 Å². The number of sulfonamides is 1. The molecule has 2 N–H and O–H groups in total. The van der Waals surface area contributed by atoms with Gasteiger partial charge in [-0.05, 0) is 57.8 Å². The van der Waals surface area contributed by atoms with Gasteiger partial charge in [-0.1, -0.05) is 22.9 Å². The first-order chi connectivity index (χ1) is 13.7. The lowest BCUT2D eigenvalue weighted by Crippen LogP contribution is -2.44. The quantitative estimate of drug-likeness (QED) is 0.672. The van der Waals surface area contributed by atoms with Crippen molar-refractivity contribution in [1.29, 1.82) is 0 Å². The predicted molar refractivity (Wildman–Crippen MR) is 110 cm³/mol. The van der Waals surface area contributed by atoms with Crippen LogP contribution in [0.25, 0.3) is 0 Å². The molecular formula is C18H21ClF2N4O2S2. The van der Waals surface area contributed by atoms with Crippen molar-refractivity contribution in [2.75, 3.05) is 29.7 Å². The van der Waals surface area contributed by atoms with Gasteiger partial charge in [-0.2, -0.15) is 4.39 Å². The van der Waals surface area contributed by atoms with Crippen LogP contribution in [0.2, 0.25) is 5.02 Å². The van der Waals surface area contributed by atoms with Gasteiger partial charge in [0.15, 0.2) is 5.13 Å². The Kier molecular flexibility index (Phi) is 5.47. The van der Waals surface area contributed by atoms with Crippen molar-refractivity contribution in [3.63, 3.8) is 0 Å². The summed E-state index contributed by atoms with van der Waals surface area (Å²) in [5.41, 5.74) is 0.490. The van der Waals surface area contributed by atoms with E-state index in [2.05, 4.69) is 19.9 Å². The van der Waals surface area contributed by atoms with Crippen LogP contribution in [0.3, 0.4) is 0 Å². The molecule has 0 radical (unpaired) electrons. The molecule has 2 aromatic rings. The van der Waals surface area contributed by atoms with Crippen molar-refractivity contribution in [3.05, 3.63) is 33.8 Å². The molecule has 2 aliphatic rings. The molecule has 2 aliphatic heterocycles. The fourth-order valence-corrected chi connectivity index (χ4v) is 6.55. The first-order valence-electron chi connectivity index (χ1n) is 9.34. The van der Waals surface area contributed by atoms with Crippen molar-refractivity contribution in [2.24, 2.45) is 0 Å². The number of thiazole rings is 1. The third-order valence-corrected chi connectivity index (χ3v) is 8.35. The highest BCUT2D eigenvalue weighted by molar-refractivity contribution is 7.93. The maximum absolute atomic E-state index is 14.7. The van der Waals surface area contributed by atoms with Crippen LogP contribution in [-0.4, -0.2) is 43.5 Å². The smallest absolute Gasteiger partial charge is 0.266 e. The topological polar surface area (TPSA) is 74.3 Å². The average molecular weight is 463 g/mol. The van der Waals surface area contributed by atoms with Crippen LogP contribution in [-0.2, 0) is 10.0 Å². The monoisotopic (exact) mass is 462 g/mol. The Hall–Kier alpha value is -1.49. The second kappa shape index (κ2) is 7.64. The second-order valence-electron chi connectivity index (χ2n) is 7.52. The Labute approximate surface area is 177 Å². The van der Waals surface area contributed by atoms with Crippen LogP contribution in [0.5, 0.6) is 0 Å². The minimum Gasteiger partial charge on any atom is -0.382 e. The number of aromatic nitrogens is 1. The van der Waals surface area contributed by atoms with E-state index in [1.807, 2.05) is 0 Å². The summed E-state index contributed by atoms with van der Waals surface area (Å²) in [5, 5.41) is 2.54. The van der Waals surface area contributed by atoms with Crippen LogP contribution in [0.15, 0.2) is 17.0 Å². The minimum absolute atomic E-state index is 0.0676. The molecule has 0 unspecified atom stereocenters. The molecule has 0 amide bonds. The summed E-state index contributed by atoms with van der Waals surface area (Å²) < 4.78 is 55.3. The number of fused-ring (bicyclic) bond motifs is 1. The fourth-order valence-electron chi connectivity index (χ4n) is 4.24. The maximum Gasteiger partial charge on any atom is 0.266 e. The SMILES string of the molecule is Cc1nc(NS(=O)(=O)c2cc(Cl)c(NCC34CCCN3CCC4)cc2F)sc1F. The van der Waals surface area contributed by atoms with Crippen LogP contribution < -0.4 is 10.0 Å². The Morgan fingerprint density at radius 3 is 2.59 bits per heavy atom. The van der Waals surface area contributed by atoms with Gasteiger partial charge in [0, 0.05) is 12.1 Å². The lowest BCUT2D eigenvalue weighted by atomic mass is 9.94. The molecule has 0 saturated carbocycles. The van der Waals surface area contributed by atoms with E-state index >= 15 is 0 Å². The Morgan fingerprint density at radius 2 is 1.97 bits per heavy atom. The zero-order valence-corrected chi connectivity index (χ0v) is 18.2. The molecule has 3 heterocycles. The van der Waals surface area contributed by atoms with Crippen LogP contribution in [0, 0.1) is 17.9 Å². The lowest BCUT2D eigenvalue weighted by Gasteiger charge is -2.32. The number of nitrogens with zero attached hydrogens (tertiary/aromatic N) is 2. The van der Waals surface area contributed by atoms with Gasteiger partial charge in [0.05, 0.1) is 16.4 Å². The summed E-state index contributed by atoms with van der Waals surface area (Å²) in [4.78, 5) is 5.63. The number of benzene rings is 1. The van der Waals surface area contributed by atoms with Crippen LogP contribution in [0.1, 0.15) is 31.4 Å². The number of hydrogen-bond donors (Lipinski definition) is 2. The van der Waals surface area contributed by atoms with Gasteiger partial charge in [-0.15, -0.1) is 0 Å². The average Bonchev–Trinajstić information content (AvgIpc) is 3.29. The number of halogens is 3. The lowest BCUT2D eigenvalue weighted by molar-refractivity contribution is 0.209. The van der Waals surface area contributed by atoms with E-state index in [-0.39, 0.29) is 21.4 Å². The summed E-state index contributed by atoms with van der Waals surface area (Å²) in [6.07, 6.45) is 4.45. The van der Waals surface area contributed by atoms with E-state index in [0.717, 1.165) is 50.9 Å². The summed E-state index contributed by atoms with van der Waals surface area (Å²) in [6, 6.07) is 2.16. The highest BCUT2D eigenvalue weighted by atomic mass is 35.5. The van der Waals surface area contributed by atoms with Crippen molar-refractivity contribution in [3.8, 4) is 0 Å². The van der Waals surface area contributed by atoms with Gasteiger partial charge >= 0.3 is 0 Å². The zero-order chi connectivity index (χ0) is 20.8. The van der Waals surface area contributed by atoms with E-state index in [1.165, 1.54) is 6.92 Å². The fraction of sp³-hybridized carbons (Fsp3) is 0.500. The van der Waals surface area contributed by atoms with Crippen molar-refractivity contribution in [1.82, 2.24) is 9.88 Å². The van der Waals surface area contributed by atoms with Gasteiger partial charge in [0.25, 0.3) is 10.0 Å². The van der Waals surface area contributed by atoms with Crippen LogP contribution in [0.4, 0.5) is 19.6 Å². The molecule has 1 aromatic heterocycles. The highest BCUT2D eigenvalue weighted by Crippen LogP contribution is 2.39. The third kappa shape index (κ3) is 3.95. The van der Waals surface area contributed by atoms with E-state index in [4.69, 9.17) is 11.6 Å². The number of anilines is 2. The standard InChI is InChI=1S/C18H21ClF2N4O2S2/c1-11-16(21)28-17(23-11)24-29(26,27)15-8-12(19)14(9-13(15)20)22-10-18-4-2-6-25(18)7-3-5-18/h8-9,22H,2-7,10H2,1H3,(H,23,24). The maximum atomic E-state index is 14.7. The van der Waals surface area contributed by atoms with E-state index in [1.54, 1.807) is 0 Å². The molecule has 0 bridgehead atoms. The van der Waals surface area contributed by atoms with Gasteiger partial charge in [0.1, 0.15) is 10.7 Å². The van der Waals surface area contributed by atoms with Crippen molar-refractivity contribution >= 4 is 43.8 Å². The first kappa shape index (κ1) is 20.8. The summed E-state index contributed by atoms with van der Waals surface area (Å²) in [7, 11) is -4.30. The molecule has 0 atom stereocenters. The van der Waals surface area contributed by atoms with Crippen LogP contribution >= 0.6 is 22.9 Å². The molecule has 2 saturated heterocycles. The number of rotatable bonds is 6. The van der Waals surface area contributed by atoms with Gasteiger partial charge < -0.3 is 5.32 Å². The molecule has 11 heteroatoms. The number of nitrogens with one attached hydrogen (secondary N) is 2. The summed E-state index contributed by atoms with van der Waals surface area (Å²) >= 11 is 6.80. The van der Waals surface area contributed by atoms with Crippen molar-refractivity contribution < 1.29 is 17.2 Å². The Morgan fingerprint density at radius 1 is 1.28 bits per heavy atom. The Bertz CT molecular complexity index is 1020. The summed E-state index contributed by atoms with van der Waals surface area (Å²) in [5.74, 6) is -0.939. The third-order valence-electron chi connectivity index (χ3n) is 5.69. The molecule has 2 fully saturated rings. The highest BCUT2D eigenvalue weighted by Gasteiger charge is 2.43. The molecule has 29 heavy (non-hydrogen) atoms. The molecule has 0 spiro atoms. The Balaban J connectivity index is 1.53. The van der Waals surface area contributed by atoms with Gasteiger partial charge in [-0.3, -0.25) is 9.62 Å². The van der Waals surface area contributed by atoms with E-state index < -0.39 is 25.9 Å². The zero-order valence-electron chi connectivity index (χ0n) is 15.8. The normalized spacial score (nSPS) is 18.8. The number of aryl methyl sites for hydroxylation is 1. The second-order valence-corrected chi connectivity index (χ2v) is 10.5. The molecule has 4 rings (SSSR count). The minimum atomic E-state index is -4.30. The molecule has 0 aliphatic carbocycles. The molecule has 6 nitrogen and oxygen atoms in total. The molecular weight excluding hydrogens is 442 g/mol. The van der Waals surface area contributed by atoms with Gasteiger partial charge in [0.2, 0.25) is 5.13 Å².